The molecule has 0 amide bonds. The SMILES string of the molecule is CC(C)SCC(N)Cc1ccnc(N)c1. The molecule has 1 heterocycles. The number of nitrogens with zero attached hydrogens (tertiary/aromatic N) is 1. The highest BCUT2D eigenvalue weighted by Gasteiger charge is 2.06. The standard InChI is InChI=1S/C11H19N3S/c1-8(2)15-7-10(12)5-9-3-4-14-11(13)6-9/h3-4,6,8,10H,5,7,12H2,1-2H3,(H2,13,14). The number of hydrogen-bond donors (Lipinski definition) is 2. The van der Waals surface area contributed by atoms with Gasteiger partial charge in [-0.15, -0.1) is 0 Å². The van der Waals surface area contributed by atoms with Gasteiger partial charge >= 0.3 is 0 Å². The summed E-state index contributed by atoms with van der Waals surface area (Å²) in [7, 11) is 0. The van der Waals surface area contributed by atoms with Crippen molar-refractivity contribution in [3.63, 3.8) is 0 Å². The molecule has 3 nitrogen and oxygen atoms in total. The van der Waals surface area contributed by atoms with Gasteiger partial charge in [-0.3, -0.25) is 0 Å². The van der Waals surface area contributed by atoms with Crippen LogP contribution in [0.5, 0.6) is 0 Å². The maximum absolute atomic E-state index is 6.02. The van der Waals surface area contributed by atoms with Crippen LogP contribution in [0, 0.1) is 0 Å². The Morgan fingerprint density at radius 1 is 1.47 bits per heavy atom. The lowest BCUT2D eigenvalue weighted by molar-refractivity contribution is 0.746. The Morgan fingerprint density at radius 2 is 2.20 bits per heavy atom. The molecule has 0 saturated carbocycles. The summed E-state index contributed by atoms with van der Waals surface area (Å²) in [5, 5.41) is 0.638. The molecular formula is C11H19N3S. The molecule has 1 atom stereocenters. The van der Waals surface area contributed by atoms with Crippen LogP contribution in [0.15, 0.2) is 18.3 Å². The molecule has 0 aliphatic carbocycles. The fraction of sp³-hybridized carbons (Fsp3) is 0.545. The predicted octanol–water partition coefficient (Wildman–Crippen LogP) is 1.68. The number of nitrogen functional groups attached to an aromatic ring is 1. The maximum atomic E-state index is 6.02. The molecular weight excluding hydrogens is 206 g/mol. The summed E-state index contributed by atoms with van der Waals surface area (Å²) in [5.41, 5.74) is 12.8. The minimum absolute atomic E-state index is 0.194. The van der Waals surface area contributed by atoms with E-state index in [1.807, 2.05) is 23.9 Å². The van der Waals surface area contributed by atoms with Crippen molar-refractivity contribution in [2.45, 2.75) is 31.6 Å². The van der Waals surface area contributed by atoms with Gasteiger partial charge in [0, 0.05) is 18.0 Å². The topological polar surface area (TPSA) is 64.9 Å². The number of nitrogens with two attached hydrogens (primary N) is 2. The maximum Gasteiger partial charge on any atom is 0.123 e. The van der Waals surface area contributed by atoms with Crippen molar-refractivity contribution in [3.8, 4) is 0 Å². The first-order chi connectivity index (χ1) is 7.08. The van der Waals surface area contributed by atoms with E-state index < -0.39 is 0 Å². The zero-order valence-electron chi connectivity index (χ0n) is 9.31. The van der Waals surface area contributed by atoms with Crippen LogP contribution in [0.25, 0.3) is 0 Å². The summed E-state index contributed by atoms with van der Waals surface area (Å²) in [6.07, 6.45) is 2.60. The fourth-order valence-corrected chi connectivity index (χ4v) is 2.05. The van der Waals surface area contributed by atoms with Crippen molar-refractivity contribution in [2.24, 2.45) is 5.73 Å². The molecule has 1 aromatic heterocycles. The normalized spacial score (nSPS) is 13.1. The Morgan fingerprint density at radius 3 is 2.80 bits per heavy atom. The lowest BCUT2D eigenvalue weighted by atomic mass is 10.1. The van der Waals surface area contributed by atoms with Gasteiger partial charge in [0.05, 0.1) is 0 Å². The molecule has 0 aliphatic heterocycles. The van der Waals surface area contributed by atoms with Crippen LogP contribution >= 0.6 is 11.8 Å². The van der Waals surface area contributed by atoms with Crippen LogP contribution < -0.4 is 11.5 Å². The van der Waals surface area contributed by atoms with Gasteiger partial charge in [0.15, 0.2) is 0 Å². The molecule has 1 rings (SSSR count). The van der Waals surface area contributed by atoms with Gasteiger partial charge in [0.25, 0.3) is 0 Å². The van der Waals surface area contributed by atoms with Gasteiger partial charge in [0.2, 0.25) is 0 Å². The van der Waals surface area contributed by atoms with Crippen LogP contribution in [0.1, 0.15) is 19.4 Å². The lowest BCUT2D eigenvalue weighted by Crippen LogP contribution is -2.26. The lowest BCUT2D eigenvalue weighted by Gasteiger charge is -2.12. The zero-order valence-corrected chi connectivity index (χ0v) is 10.1. The van der Waals surface area contributed by atoms with E-state index in [9.17, 15) is 0 Å². The van der Waals surface area contributed by atoms with Crippen LogP contribution in [0.3, 0.4) is 0 Å². The van der Waals surface area contributed by atoms with Gasteiger partial charge < -0.3 is 11.5 Å². The van der Waals surface area contributed by atoms with Crippen LogP contribution in [-0.4, -0.2) is 22.0 Å². The Bertz CT molecular complexity index is 302. The monoisotopic (exact) mass is 225 g/mol. The molecule has 4 heteroatoms. The highest BCUT2D eigenvalue weighted by Crippen LogP contribution is 2.12. The molecule has 15 heavy (non-hydrogen) atoms. The zero-order chi connectivity index (χ0) is 11.3. The molecule has 0 bridgehead atoms. The molecule has 84 valence electrons. The highest BCUT2D eigenvalue weighted by molar-refractivity contribution is 7.99. The van der Waals surface area contributed by atoms with E-state index in [0.717, 1.165) is 12.2 Å². The second-order valence-electron chi connectivity index (χ2n) is 3.94. The molecule has 0 radical (unpaired) electrons. The van der Waals surface area contributed by atoms with Crippen LogP contribution in [0.2, 0.25) is 0 Å². The number of thioether (sulfide) groups is 1. The third-order valence-electron chi connectivity index (χ3n) is 1.99. The molecule has 0 aliphatic rings. The first kappa shape index (κ1) is 12.3. The number of pyridine rings is 1. The van der Waals surface area contributed by atoms with Gasteiger partial charge in [0.1, 0.15) is 5.82 Å². The third-order valence-corrected chi connectivity index (χ3v) is 3.27. The van der Waals surface area contributed by atoms with E-state index in [2.05, 4.69) is 18.8 Å². The Labute approximate surface area is 95.6 Å². The summed E-state index contributed by atoms with van der Waals surface area (Å²) >= 11 is 1.89. The Kier molecular flexibility index (Phi) is 4.91. The summed E-state index contributed by atoms with van der Waals surface area (Å²) in [5.74, 6) is 1.55. The van der Waals surface area contributed by atoms with Crippen molar-refractivity contribution < 1.29 is 0 Å². The van der Waals surface area contributed by atoms with E-state index in [1.54, 1.807) is 6.20 Å². The van der Waals surface area contributed by atoms with E-state index in [1.165, 1.54) is 5.56 Å². The summed E-state index contributed by atoms with van der Waals surface area (Å²) in [4.78, 5) is 3.95. The summed E-state index contributed by atoms with van der Waals surface area (Å²) in [6.45, 7) is 4.36. The van der Waals surface area contributed by atoms with Crippen LogP contribution in [-0.2, 0) is 6.42 Å². The molecule has 0 fully saturated rings. The van der Waals surface area contributed by atoms with Crippen LogP contribution in [0.4, 0.5) is 5.82 Å². The third kappa shape index (κ3) is 5.04. The second-order valence-corrected chi connectivity index (χ2v) is 5.54. The first-order valence-corrected chi connectivity index (χ1v) is 6.20. The Balaban J connectivity index is 2.40. The molecule has 0 spiro atoms. The van der Waals surface area contributed by atoms with Crippen molar-refractivity contribution in [1.82, 2.24) is 4.98 Å². The molecule has 1 aromatic rings. The fourth-order valence-electron chi connectivity index (χ4n) is 1.30. The van der Waals surface area contributed by atoms with Gasteiger partial charge in [-0.05, 0) is 29.4 Å². The minimum atomic E-state index is 0.194. The number of anilines is 1. The average Bonchev–Trinajstić information content (AvgIpc) is 2.15. The number of hydrogen-bond acceptors (Lipinski definition) is 4. The van der Waals surface area contributed by atoms with Crippen molar-refractivity contribution in [1.29, 1.82) is 0 Å². The van der Waals surface area contributed by atoms with E-state index in [4.69, 9.17) is 11.5 Å². The van der Waals surface area contributed by atoms with E-state index >= 15 is 0 Å². The number of aromatic nitrogens is 1. The van der Waals surface area contributed by atoms with Crippen molar-refractivity contribution >= 4 is 17.6 Å². The van der Waals surface area contributed by atoms with Crippen molar-refractivity contribution in [3.05, 3.63) is 23.9 Å². The minimum Gasteiger partial charge on any atom is -0.384 e. The largest absolute Gasteiger partial charge is 0.384 e. The van der Waals surface area contributed by atoms with E-state index in [-0.39, 0.29) is 6.04 Å². The molecule has 4 N–H and O–H groups in total. The summed E-state index contributed by atoms with van der Waals surface area (Å²) in [6, 6.07) is 4.05. The average molecular weight is 225 g/mol. The Hall–Kier alpha value is -0.740. The van der Waals surface area contributed by atoms with Gasteiger partial charge in [-0.25, -0.2) is 4.98 Å². The molecule has 0 saturated heterocycles. The van der Waals surface area contributed by atoms with E-state index in [0.29, 0.717) is 11.1 Å². The smallest absolute Gasteiger partial charge is 0.123 e. The van der Waals surface area contributed by atoms with Gasteiger partial charge in [-0.1, -0.05) is 13.8 Å². The first-order valence-electron chi connectivity index (χ1n) is 5.15. The van der Waals surface area contributed by atoms with Gasteiger partial charge in [-0.2, -0.15) is 11.8 Å². The second kappa shape index (κ2) is 5.98. The number of rotatable bonds is 5. The quantitative estimate of drug-likeness (QED) is 0.800. The van der Waals surface area contributed by atoms with Crippen molar-refractivity contribution in [2.75, 3.05) is 11.5 Å². The highest BCUT2D eigenvalue weighted by atomic mass is 32.2. The molecule has 1 unspecified atom stereocenters. The molecule has 0 aromatic carbocycles. The predicted molar refractivity (Wildman–Crippen MR) is 67.9 cm³/mol. The summed E-state index contributed by atoms with van der Waals surface area (Å²) < 4.78 is 0.